The summed E-state index contributed by atoms with van der Waals surface area (Å²) < 4.78 is 6.70. The topological polar surface area (TPSA) is 38.5 Å². The fourth-order valence-corrected chi connectivity index (χ4v) is 3.27. The zero-order valence-electron chi connectivity index (χ0n) is 11.9. The average Bonchev–Trinajstić information content (AvgIpc) is 2.39. The summed E-state index contributed by atoms with van der Waals surface area (Å²) in [4.78, 5) is 2.39. The molecule has 19 heavy (non-hydrogen) atoms. The molecule has 2 N–H and O–H groups in total. The first-order valence-corrected chi connectivity index (χ1v) is 7.65. The van der Waals surface area contributed by atoms with Gasteiger partial charge >= 0.3 is 0 Å². The van der Waals surface area contributed by atoms with E-state index in [4.69, 9.17) is 10.5 Å². The number of ether oxygens (including phenoxy) is 1. The van der Waals surface area contributed by atoms with E-state index in [1.54, 1.807) is 7.11 Å². The summed E-state index contributed by atoms with van der Waals surface area (Å²) in [6.45, 7) is 6.30. The molecular formula is C15H23BrN2O. The Morgan fingerprint density at radius 3 is 2.79 bits per heavy atom. The van der Waals surface area contributed by atoms with Gasteiger partial charge in [-0.15, -0.1) is 0 Å². The fraction of sp³-hybridized carbons (Fsp3) is 0.600. The van der Waals surface area contributed by atoms with Gasteiger partial charge in [0.05, 0.1) is 11.8 Å². The van der Waals surface area contributed by atoms with Crippen molar-refractivity contribution in [1.82, 2.24) is 0 Å². The van der Waals surface area contributed by atoms with Gasteiger partial charge in [-0.1, -0.05) is 13.0 Å². The summed E-state index contributed by atoms with van der Waals surface area (Å²) in [7, 11) is 1.80. The van der Waals surface area contributed by atoms with Crippen LogP contribution in [0.2, 0.25) is 0 Å². The van der Waals surface area contributed by atoms with Crippen LogP contribution in [0, 0.1) is 5.92 Å². The van der Waals surface area contributed by atoms with Gasteiger partial charge in [0.15, 0.2) is 0 Å². The molecule has 106 valence electrons. The Morgan fingerprint density at radius 2 is 2.21 bits per heavy atom. The number of nitrogens with zero attached hydrogens (tertiary/aromatic N) is 1. The summed E-state index contributed by atoms with van der Waals surface area (Å²) in [5, 5.41) is 0. The number of piperidine rings is 1. The summed E-state index contributed by atoms with van der Waals surface area (Å²) in [6.07, 6.45) is 1.48. The molecule has 0 aliphatic carbocycles. The van der Waals surface area contributed by atoms with Crippen LogP contribution in [0.25, 0.3) is 0 Å². The third-order valence-corrected chi connectivity index (χ3v) is 4.67. The van der Waals surface area contributed by atoms with Gasteiger partial charge < -0.3 is 15.4 Å². The van der Waals surface area contributed by atoms with E-state index in [0.29, 0.717) is 12.0 Å². The lowest BCUT2D eigenvalue weighted by Crippen LogP contribution is -2.44. The molecule has 0 bridgehead atoms. The highest BCUT2D eigenvalue weighted by Crippen LogP contribution is 2.32. The van der Waals surface area contributed by atoms with E-state index >= 15 is 0 Å². The smallest absolute Gasteiger partial charge is 0.0772 e. The quantitative estimate of drug-likeness (QED) is 0.925. The molecule has 0 spiro atoms. The molecule has 1 aliphatic rings. The maximum Gasteiger partial charge on any atom is 0.0772 e. The molecule has 0 aromatic heterocycles. The monoisotopic (exact) mass is 326 g/mol. The van der Waals surface area contributed by atoms with E-state index in [2.05, 4.69) is 46.0 Å². The molecule has 1 heterocycles. The Labute approximate surface area is 124 Å². The first kappa shape index (κ1) is 14.8. The average molecular weight is 327 g/mol. The minimum atomic E-state index is 0.0680. The Bertz CT molecular complexity index is 436. The van der Waals surface area contributed by atoms with Gasteiger partial charge in [-0.2, -0.15) is 0 Å². The standard InChI is InChI=1S/C15H23BrN2O/c1-10-6-7-18(9-15(10)19-3)14-5-4-12(11(2)17)8-13(14)16/h4-5,8,10-11,15H,6-7,9,17H2,1-3H3. The molecule has 0 amide bonds. The minimum Gasteiger partial charge on any atom is -0.379 e. The van der Waals surface area contributed by atoms with Crippen molar-refractivity contribution in [2.45, 2.75) is 32.4 Å². The van der Waals surface area contributed by atoms with Crippen molar-refractivity contribution in [2.75, 3.05) is 25.1 Å². The molecule has 3 atom stereocenters. The normalized spacial score (nSPS) is 25.4. The van der Waals surface area contributed by atoms with Gasteiger partial charge in [0.2, 0.25) is 0 Å². The largest absolute Gasteiger partial charge is 0.379 e. The second kappa shape index (κ2) is 6.25. The number of hydrogen-bond donors (Lipinski definition) is 1. The zero-order valence-corrected chi connectivity index (χ0v) is 13.5. The number of anilines is 1. The summed E-state index contributed by atoms with van der Waals surface area (Å²) in [6, 6.07) is 6.47. The Hall–Kier alpha value is -0.580. The molecule has 1 aromatic rings. The number of rotatable bonds is 3. The van der Waals surface area contributed by atoms with Gasteiger partial charge in [-0.3, -0.25) is 0 Å². The predicted octanol–water partition coefficient (Wildman–Crippen LogP) is 3.33. The SMILES string of the molecule is COC1CN(c2ccc(C(C)N)cc2Br)CCC1C. The first-order chi connectivity index (χ1) is 9.02. The Balaban J connectivity index is 2.18. The van der Waals surface area contributed by atoms with E-state index in [9.17, 15) is 0 Å². The Morgan fingerprint density at radius 1 is 1.47 bits per heavy atom. The van der Waals surface area contributed by atoms with Crippen LogP contribution in [0.5, 0.6) is 0 Å². The molecule has 1 aromatic carbocycles. The molecule has 1 fully saturated rings. The highest BCUT2D eigenvalue weighted by molar-refractivity contribution is 9.10. The Kier molecular flexibility index (Phi) is 4.87. The lowest BCUT2D eigenvalue weighted by molar-refractivity contribution is 0.0498. The predicted molar refractivity (Wildman–Crippen MR) is 83.5 cm³/mol. The van der Waals surface area contributed by atoms with Gasteiger partial charge in [-0.05, 0) is 52.9 Å². The molecule has 3 unspecified atom stereocenters. The molecule has 2 rings (SSSR count). The van der Waals surface area contributed by atoms with Crippen molar-refractivity contribution >= 4 is 21.6 Å². The van der Waals surface area contributed by atoms with Crippen LogP contribution in [0.15, 0.2) is 22.7 Å². The molecule has 0 saturated carbocycles. The van der Waals surface area contributed by atoms with Crippen LogP contribution < -0.4 is 10.6 Å². The number of methoxy groups -OCH3 is 1. The second-order valence-corrected chi connectivity index (χ2v) is 6.34. The van der Waals surface area contributed by atoms with Crippen molar-refractivity contribution in [3.8, 4) is 0 Å². The molecular weight excluding hydrogens is 304 g/mol. The highest BCUT2D eigenvalue weighted by atomic mass is 79.9. The summed E-state index contributed by atoms with van der Waals surface area (Å²) in [5.74, 6) is 0.628. The maximum atomic E-state index is 5.92. The lowest BCUT2D eigenvalue weighted by Gasteiger charge is -2.38. The minimum absolute atomic E-state index is 0.0680. The summed E-state index contributed by atoms with van der Waals surface area (Å²) >= 11 is 3.67. The van der Waals surface area contributed by atoms with Gasteiger partial charge in [-0.25, -0.2) is 0 Å². The zero-order chi connectivity index (χ0) is 14.0. The first-order valence-electron chi connectivity index (χ1n) is 6.85. The molecule has 1 saturated heterocycles. The van der Waals surface area contributed by atoms with Gasteiger partial charge in [0, 0.05) is 30.7 Å². The number of nitrogens with two attached hydrogens (primary N) is 1. The molecule has 3 nitrogen and oxygen atoms in total. The van der Waals surface area contributed by atoms with E-state index in [-0.39, 0.29) is 6.04 Å². The third-order valence-electron chi connectivity index (χ3n) is 4.03. The summed E-state index contributed by atoms with van der Waals surface area (Å²) in [5.41, 5.74) is 8.31. The molecule has 4 heteroatoms. The van der Waals surface area contributed by atoms with Crippen LogP contribution in [0.4, 0.5) is 5.69 Å². The van der Waals surface area contributed by atoms with E-state index in [0.717, 1.165) is 23.1 Å². The van der Waals surface area contributed by atoms with Crippen molar-refractivity contribution in [2.24, 2.45) is 11.7 Å². The maximum absolute atomic E-state index is 5.92. The van der Waals surface area contributed by atoms with Gasteiger partial charge in [0.25, 0.3) is 0 Å². The van der Waals surface area contributed by atoms with Crippen molar-refractivity contribution in [3.63, 3.8) is 0 Å². The van der Waals surface area contributed by atoms with Crippen molar-refractivity contribution < 1.29 is 4.74 Å². The van der Waals surface area contributed by atoms with Crippen LogP contribution in [-0.4, -0.2) is 26.3 Å². The fourth-order valence-electron chi connectivity index (χ4n) is 2.62. The number of hydrogen-bond acceptors (Lipinski definition) is 3. The van der Waals surface area contributed by atoms with E-state index < -0.39 is 0 Å². The van der Waals surface area contributed by atoms with Crippen LogP contribution in [-0.2, 0) is 4.74 Å². The number of halogens is 1. The van der Waals surface area contributed by atoms with Crippen LogP contribution >= 0.6 is 15.9 Å². The van der Waals surface area contributed by atoms with Crippen LogP contribution in [0.3, 0.4) is 0 Å². The number of benzene rings is 1. The highest BCUT2D eigenvalue weighted by Gasteiger charge is 2.27. The van der Waals surface area contributed by atoms with E-state index in [1.165, 1.54) is 12.1 Å². The van der Waals surface area contributed by atoms with E-state index in [1.807, 2.05) is 6.92 Å². The molecule has 0 radical (unpaired) electrons. The van der Waals surface area contributed by atoms with Crippen molar-refractivity contribution in [3.05, 3.63) is 28.2 Å². The van der Waals surface area contributed by atoms with Gasteiger partial charge in [0.1, 0.15) is 0 Å². The lowest BCUT2D eigenvalue weighted by atomic mass is 9.95. The van der Waals surface area contributed by atoms with Crippen molar-refractivity contribution in [1.29, 1.82) is 0 Å². The second-order valence-electron chi connectivity index (χ2n) is 5.49. The third kappa shape index (κ3) is 3.30. The molecule has 1 aliphatic heterocycles. The van der Waals surface area contributed by atoms with Crippen LogP contribution in [0.1, 0.15) is 31.9 Å².